The zero-order chi connectivity index (χ0) is 30.3. The molecule has 0 radical (unpaired) electrons. The molecule has 0 saturated heterocycles. The quantitative estimate of drug-likeness (QED) is 0.167. The summed E-state index contributed by atoms with van der Waals surface area (Å²) in [7, 11) is 0. The Kier molecular flexibility index (Phi) is 6.49. The number of oxazole rings is 1. The van der Waals surface area contributed by atoms with E-state index in [-0.39, 0.29) is 26.5 Å². The number of hydrogen-bond donors (Lipinski definition) is 0. The van der Waals surface area contributed by atoms with Crippen LogP contribution in [0.5, 0.6) is 0 Å². The van der Waals surface area contributed by atoms with E-state index in [1.54, 1.807) is 6.20 Å². The van der Waals surface area contributed by atoms with E-state index in [0.29, 0.717) is 11.5 Å². The molecular weight excluding hydrogens is 750 g/mol. The topological polar surface area (TPSA) is 70.8 Å². The maximum Gasteiger partial charge on any atom is 2.00 e. The average molecular weight is 777 g/mol. The molecule has 0 bridgehead atoms. The Bertz CT molecular complexity index is 2600. The van der Waals surface area contributed by atoms with Gasteiger partial charge in [0.15, 0.2) is 0 Å². The smallest absolute Gasteiger partial charge is 0.655 e. The molecule has 5 aromatic heterocycles. The second kappa shape index (κ2) is 10.5. The minimum absolute atomic E-state index is 0. The van der Waals surface area contributed by atoms with E-state index >= 15 is 0 Å². The molecule has 9 rings (SSSR count). The van der Waals surface area contributed by atoms with E-state index < -0.39 is 0 Å². The summed E-state index contributed by atoms with van der Waals surface area (Å²) in [4.78, 5) is 19.3. The van der Waals surface area contributed by atoms with Gasteiger partial charge in [-0.3, -0.25) is 4.98 Å². The molecule has 0 atom stereocenters. The number of nitrogens with zero attached hydrogens (tertiary/aromatic N) is 5. The van der Waals surface area contributed by atoms with Crippen molar-refractivity contribution in [2.45, 2.75) is 26.2 Å². The van der Waals surface area contributed by atoms with E-state index in [0.717, 1.165) is 71.8 Å². The number of para-hydroxylation sites is 3. The van der Waals surface area contributed by atoms with Crippen molar-refractivity contribution in [3.8, 4) is 28.4 Å². The van der Waals surface area contributed by atoms with E-state index in [1.807, 2.05) is 48.7 Å². The number of hydrogen-bond acceptors (Lipinski definition) is 4. The number of benzene rings is 4. The zero-order valence-electron chi connectivity index (χ0n) is 25.4. The standard InChI is InChI=1S/C39H27N5O.Pt/c1-39(2,3)24-18-20-40-34(22-24)44-31-14-5-4-9-26(31)27-17-16-23(21-32(27)44)25-10-7-15-33-37(25)43-38(45-33)29-12-6-11-28-35(29)42-30-13-8-19-41-36(28)30;/h4-20,22H,1-3H3;/q-2;+2. The van der Waals surface area contributed by atoms with Crippen molar-refractivity contribution >= 4 is 54.8 Å². The van der Waals surface area contributed by atoms with Crippen molar-refractivity contribution in [3.05, 3.63) is 121 Å². The Labute approximate surface area is 279 Å². The molecule has 0 N–H and O–H groups in total. The fourth-order valence-electron chi connectivity index (χ4n) is 6.42. The van der Waals surface area contributed by atoms with Crippen LogP contribution in [0.15, 0.2) is 114 Å². The summed E-state index contributed by atoms with van der Waals surface area (Å²) in [5, 5.41) is 3.28. The molecule has 0 amide bonds. The predicted molar refractivity (Wildman–Crippen MR) is 181 cm³/mol. The summed E-state index contributed by atoms with van der Waals surface area (Å²) in [6, 6.07) is 36.8. The third kappa shape index (κ3) is 4.32. The van der Waals surface area contributed by atoms with Crippen LogP contribution >= 0.6 is 0 Å². The molecule has 224 valence electrons. The zero-order valence-corrected chi connectivity index (χ0v) is 27.6. The second-order valence-corrected chi connectivity index (χ2v) is 12.5. The van der Waals surface area contributed by atoms with Gasteiger partial charge in [-0.25, -0.2) is 9.97 Å². The normalized spacial score (nSPS) is 12.1. The van der Waals surface area contributed by atoms with Crippen molar-refractivity contribution in [2.75, 3.05) is 0 Å². The fourth-order valence-corrected chi connectivity index (χ4v) is 6.42. The van der Waals surface area contributed by atoms with E-state index in [2.05, 4.69) is 91.0 Å². The average Bonchev–Trinajstić information content (AvgIpc) is 3.76. The van der Waals surface area contributed by atoms with Crippen LogP contribution in [0.3, 0.4) is 0 Å². The summed E-state index contributed by atoms with van der Waals surface area (Å²) in [5.74, 6) is 1.41. The number of fused-ring (bicyclic) bond motifs is 7. The third-order valence-corrected chi connectivity index (χ3v) is 8.67. The fraction of sp³-hybridized carbons (Fsp3) is 0.103. The number of rotatable bonds is 3. The van der Waals surface area contributed by atoms with Crippen molar-refractivity contribution in [2.24, 2.45) is 0 Å². The Balaban J connectivity index is 0.00000312. The van der Waals surface area contributed by atoms with Gasteiger partial charge >= 0.3 is 21.1 Å². The van der Waals surface area contributed by atoms with Gasteiger partial charge in [-0.2, -0.15) is 0 Å². The summed E-state index contributed by atoms with van der Waals surface area (Å²) in [5.41, 5.74) is 10.1. The first-order valence-electron chi connectivity index (χ1n) is 15.1. The van der Waals surface area contributed by atoms with Gasteiger partial charge in [-0.05, 0) is 57.6 Å². The van der Waals surface area contributed by atoms with Gasteiger partial charge in [0.05, 0.1) is 11.0 Å². The molecule has 6 nitrogen and oxygen atoms in total. The first kappa shape index (κ1) is 28.4. The van der Waals surface area contributed by atoms with Crippen molar-refractivity contribution in [1.29, 1.82) is 0 Å². The van der Waals surface area contributed by atoms with Gasteiger partial charge in [0.1, 0.15) is 11.4 Å². The molecule has 0 spiro atoms. The van der Waals surface area contributed by atoms with Crippen molar-refractivity contribution in [1.82, 2.24) is 24.5 Å². The van der Waals surface area contributed by atoms with E-state index in [9.17, 15) is 0 Å². The maximum atomic E-state index is 6.39. The van der Waals surface area contributed by atoms with Gasteiger partial charge in [0.25, 0.3) is 0 Å². The van der Waals surface area contributed by atoms with Crippen molar-refractivity contribution in [3.63, 3.8) is 0 Å². The van der Waals surface area contributed by atoms with Crippen LogP contribution in [0.4, 0.5) is 0 Å². The number of aromatic nitrogens is 5. The van der Waals surface area contributed by atoms with Gasteiger partial charge in [-0.1, -0.05) is 86.3 Å². The molecule has 0 fully saturated rings. The van der Waals surface area contributed by atoms with Gasteiger partial charge < -0.3 is 14.0 Å². The van der Waals surface area contributed by atoms with E-state index in [1.165, 1.54) is 5.56 Å². The Morgan fingerprint density at radius 1 is 0.739 bits per heavy atom. The van der Waals surface area contributed by atoms with E-state index in [4.69, 9.17) is 19.4 Å². The largest absolute Gasteiger partial charge is 2.00 e. The van der Waals surface area contributed by atoms with Crippen LogP contribution in [0, 0.1) is 6.07 Å². The van der Waals surface area contributed by atoms with Crippen LogP contribution in [0.1, 0.15) is 26.3 Å². The molecule has 4 aromatic carbocycles. The van der Waals surface area contributed by atoms with Crippen molar-refractivity contribution < 1.29 is 25.5 Å². The summed E-state index contributed by atoms with van der Waals surface area (Å²) >= 11 is 0. The molecule has 0 saturated carbocycles. The Hall–Kier alpha value is -5.06. The Morgan fingerprint density at radius 3 is 2.46 bits per heavy atom. The minimum Gasteiger partial charge on any atom is -0.655 e. The molecular formula is C39H27N5OPt. The summed E-state index contributed by atoms with van der Waals surface area (Å²) in [6.07, 6.45) is 3.70. The Morgan fingerprint density at radius 2 is 1.57 bits per heavy atom. The van der Waals surface area contributed by atoms with Crippen LogP contribution in [0.25, 0.3) is 83.2 Å². The maximum absolute atomic E-state index is 6.39. The molecule has 0 aliphatic heterocycles. The first-order valence-corrected chi connectivity index (χ1v) is 15.1. The summed E-state index contributed by atoms with van der Waals surface area (Å²) in [6.45, 7) is 6.67. The van der Waals surface area contributed by atoms with Crippen LogP contribution in [0.2, 0.25) is 0 Å². The minimum atomic E-state index is -0.00289. The molecule has 9 aromatic rings. The molecule has 7 heteroatoms. The second-order valence-electron chi connectivity index (χ2n) is 12.5. The van der Waals surface area contributed by atoms with Gasteiger partial charge in [0.2, 0.25) is 5.89 Å². The molecule has 0 unspecified atom stereocenters. The predicted octanol–water partition coefficient (Wildman–Crippen LogP) is 9.41. The SMILES string of the molecule is CC(C)(C)c1ccnc(-n2c3[c-]c(-c4cccc5oc(-c6cccc7c6[n-]c6cccnc67)nc45)ccc3c3ccccc32)c1.[Pt+2]. The third-order valence-electron chi connectivity index (χ3n) is 8.67. The molecule has 0 aliphatic rings. The monoisotopic (exact) mass is 776 g/mol. The molecule has 0 aliphatic carbocycles. The van der Waals surface area contributed by atoms with Crippen LogP contribution < -0.4 is 4.98 Å². The summed E-state index contributed by atoms with van der Waals surface area (Å²) < 4.78 is 8.61. The first-order chi connectivity index (χ1) is 21.9. The molecule has 46 heavy (non-hydrogen) atoms. The van der Waals surface area contributed by atoms with Gasteiger partial charge in [0, 0.05) is 23.5 Å². The van der Waals surface area contributed by atoms with Gasteiger partial charge in [-0.15, -0.1) is 34.8 Å². The van der Waals surface area contributed by atoms with Crippen LogP contribution in [-0.2, 0) is 26.5 Å². The molecule has 5 heterocycles. The van der Waals surface area contributed by atoms with Crippen LogP contribution in [-0.4, -0.2) is 19.5 Å². The number of pyridine rings is 2.